The Morgan fingerprint density at radius 1 is 1.30 bits per heavy atom. The van der Waals surface area contributed by atoms with Crippen LogP contribution in [-0.2, 0) is 11.2 Å². The van der Waals surface area contributed by atoms with Crippen molar-refractivity contribution < 1.29 is 14.7 Å². The van der Waals surface area contributed by atoms with Gasteiger partial charge >= 0.3 is 5.97 Å². The second-order valence-electron chi connectivity index (χ2n) is 5.41. The van der Waals surface area contributed by atoms with Crippen molar-refractivity contribution in [3.63, 3.8) is 0 Å². The second kappa shape index (κ2) is 5.12. The van der Waals surface area contributed by atoms with E-state index in [4.69, 9.17) is 5.11 Å². The van der Waals surface area contributed by atoms with Crippen LogP contribution in [-0.4, -0.2) is 34.5 Å². The van der Waals surface area contributed by atoms with Crippen LogP contribution in [0.1, 0.15) is 40.7 Å². The number of allylic oxidation sites excluding steroid dienone is 1. The van der Waals surface area contributed by atoms with Gasteiger partial charge in [-0.15, -0.1) is 0 Å². The van der Waals surface area contributed by atoms with E-state index in [1.165, 1.54) is 10.5 Å². The van der Waals surface area contributed by atoms with Crippen molar-refractivity contribution in [2.24, 2.45) is 0 Å². The molecule has 3 rings (SSSR count). The summed E-state index contributed by atoms with van der Waals surface area (Å²) in [5, 5.41) is 8.95. The normalized spacial score (nSPS) is 16.6. The van der Waals surface area contributed by atoms with Crippen molar-refractivity contribution in [2.45, 2.75) is 31.7 Å². The molecule has 4 heteroatoms. The van der Waals surface area contributed by atoms with Gasteiger partial charge < -0.3 is 10.0 Å². The zero-order chi connectivity index (χ0) is 14.1. The Morgan fingerprint density at radius 2 is 2.10 bits per heavy atom. The van der Waals surface area contributed by atoms with Gasteiger partial charge in [0.15, 0.2) is 0 Å². The van der Waals surface area contributed by atoms with Crippen molar-refractivity contribution in [3.8, 4) is 0 Å². The Kier molecular flexibility index (Phi) is 3.30. The maximum absolute atomic E-state index is 12.5. The smallest absolute Gasteiger partial charge is 0.323 e. The summed E-state index contributed by atoms with van der Waals surface area (Å²) in [5.74, 6) is -1.11. The van der Waals surface area contributed by atoms with E-state index >= 15 is 0 Å². The van der Waals surface area contributed by atoms with Gasteiger partial charge in [0.05, 0.1) is 0 Å². The van der Waals surface area contributed by atoms with Crippen LogP contribution in [0.25, 0.3) is 6.08 Å². The van der Waals surface area contributed by atoms with Crippen LogP contribution >= 0.6 is 0 Å². The van der Waals surface area contributed by atoms with Crippen LogP contribution in [0.5, 0.6) is 0 Å². The number of carboxylic acids is 1. The van der Waals surface area contributed by atoms with Crippen molar-refractivity contribution in [1.82, 2.24) is 4.90 Å². The summed E-state index contributed by atoms with van der Waals surface area (Å²) in [4.78, 5) is 24.9. The van der Waals surface area contributed by atoms with E-state index in [0.29, 0.717) is 5.56 Å². The summed E-state index contributed by atoms with van der Waals surface area (Å²) in [7, 11) is 0. The number of hydrogen-bond donors (Lipinski definition) is 1. The molecule has 0 saturated heterocycles. The number of fused-ring (bicyclic) bond motifs is 1. The van der Waals surface area contributed by atoms with Crippen LogP contribution in [0.4, 0.5) is 0 Å². The minimum absolute atomic E-state index is 0.106. The number of nitrogens with zero attached hydrogens (tertiary/aromatic N) is 1. The van der Waals surface area contributed by atoms with E-state index in [9.17, 15) is 9.59 Å². The summed E-state index contributed by atoms with van der Waals surface area (Å²) in [6.07, 6.45) is 7.95. The third-order valence-corrected chi connectivity index (χ3v) is 3.82. The molecule has 0 spiro atoms. The molecule has 1 N–H and O–H groups in total. The van der Waals surface area contributed by atoms with Crippen molar-refractivity contribution in [2.75, 3.05) is 6.54 Å². The molecule has 1 saturated carbocycles. The Bertz CT molecular complexity index is 587. The predicted molar refractivity (Wildman–Crippen MR) is 75.5 cm³/mol. The molecule has 4 nitrogen and oxygen atoms in total. The zero-order valence-electron chi connectivity index (χ0n) is 11.2. The predicted octanol–water partition coefficient (Wildman–Crippen LogP) is 2.34. The standard InChI is InChI=1S/C16H17NO3/c18-15(19)10-17(14-7-8-14)16(20)13-6-5-11-3-1-2-4-12(11)9-13/h1,3,5-6,9,14H,2,4,7-8,10H2,(H,18,19). The van der Waals surface area contributed by atoms with Gasteiger partial charge in [0.1, 0.15) is 6.54 Å². The maximum atomic E-state index is 12.5. The topological polar surface area (TPSA) is 57.6 Å². The fourth-order valence-corrected chi connectivity index (χ4v) is 2.63. The molecule has 1 aromatic rings. The Balaban J connectivity index is 1.85. The maximum Gasteiger partial charge on any atom is 0.323 e. The molecule has 1 amide bonds. The highest BCUT2D eigenvalue weighted by Gasteiger charge is 2.34. The highest BCUT2D eigenvalue weighted by atomic mass is 16.4. The number of hydrogen-bond acceptors (Lipinski definition) is 2. The highest BCUT2D eigenvalue weighted by Crippen LogP contribution is 2.29. The summed E-state index contributed by atoms with van der Waals surface area (Å²) in [6.45, 7) is -0.208. The Hall–Kier alpha value is -2.10. The first-order valence-electron chi connectivity index (χ1n) is 6.97. The van der Waals surface area contributed by atoms with Gasteiger partial charge in [0.2, 0.25) is 0 Å². The number of aryl methyl sites for hydroxylation is 1. The molecule has 0 radical (unpaired) electrons. The lowest BCUT2D eigenvalue weighted by molar-refractivity contribution is -0.137. The lowest BCUT2D eigenvalue weighted by Gasteiger charge is -2.21. The number of carbonyl (C=O) groups is 2. The monoisotopic (exact) mass is 271 g/mol. The lowest BCUT2D eigenvalue weighted by Crippen LogP contribution is -2.37. The molecule has 0 bridgehead atoms. The number of aliphatic carboxylic acids is 1. The molecule has 0 aromatic heterocycles. The van der Waals surface area contributed by atoms with Crippen LogP contribution < -0.4 is 0 Å². The Labute approximate surface area is 117 Å². The minimum atomic E-state index is -0.953. The molecule has 1 fully saturated rings. The van der Waals surface area contributed by atoms with Gasteiger partial charge in [0.25, 0.3) is 5.91 Å². The van der Waals surface area contributed by atoms with Gasteiger partial charge in [-0.2, -0.15) is 0 Å². The first kappa shape index (κ1) is 12.9. The van der Waals surface area contributed by atoms with E-state index in [2.05, 4.69) is 12.2 Å². The third kappa shape index (κ3) is 2.59. The molecular formula is C16H17NO3. The van der Waals surface area contributed by atoms with E-state index in [1.54, 1.807) is 6.07 Å². The summed E-state index contributed by atoms with van der Waals surface area (Å²) in [6, 6.07) is 5.77. The first-order valence-corrected chi connectivity index (χ1v) is 6.97. The van der Waals surface area contributed by atoms with Gasteiger partial charge in [-0.25, -0.2) is 0 Å². The SMILES string of the molecule is O=C(O)CN(C(=O)c1ccc2c(c1)CCC=C2)C1CC1. The number of carboxylic acid groups (broad SMARTS) is 1. The van der Waals surface area contributed by atoms with Crippen molar-refractivity contribution in [1.29, 1.82) is 0 Å². The third-order valence-electron chi connectivity index (χ3n) is 3.82. The molecule has 104 valence electrons. The molecule has 2 aliphatic carbocycles. The van der Waals surface area contributed by atoms with Gasteiger partial charge in [-0.1, -0.05) is 18.2 Å². The molecule has 2 aliphatic rings. The number of rotatable bonds is 4. The fraction of sp³-hybridized carbons (Fsp3) is 0.375. The van der Waals surface area contributed by atoms with Crippen molar-refractivity contribution in [3.05, 3.63) is 41.0 Å². The average Bonchev–Trinajstić information content (AvgIpc) is 3.28. The molecule has 0 heterocycles. The largest absolute Gasteiger partial charge is 0.480 e. The summed E-state index contributed by atoms with van der Waals surface area (Å²) < 4.78 is 0. The molecule has 0 aliphatic heterocycles. The summed E-state index contributed by atoms with van der Waals surface area (Å²) >= 11 is 0. The quantitative estimate of drug-likeness (QED) is 0.914. The van der Waals surface area contributed by atoms with Gasteiger partial charge in [-0.3, -0.25) is 9.59 Å². The highest BCUT2D eigenvalue weighted by molar-refractivity contribution is 5.96. The molecule has 20 heavy (non-hydrogen) atoms. The van der Waals surface area contributed by atoms with Crippen LogP contribution in [0.3, 0.4) is 0 Å². The minimum Gasteiger partial charge on any atom is -0.480 e. The molecular weight excluding hydrogens is 254 g/mol. The number of benzene rings is 1. The van der Waals surface area contributed by atoms with Gasteiger partial charge in [-0.05, 0) is 48.9 Å². The average molecular weight is 271 g/mol. The van der Waals surface area contributed by atoms with Crippen LogP contribution in [0.2, 0.25) is 0 Å². The molecule has 0 atom stereocenters. The van der Waals surface area contributed by atoms with E-state index in [0.717, 1.165) is 31.2 Å². The Morgan fingerprint density at radius 3 is 2.80 bits per heavy atom. The van der Waals surface area contributed by atoms with E-state index in [1.807, 2.05) is 12.1 Å². The molecule has 1 aromatic carbocycles. The van der Waals surface area contributed by atoms with E-state index in [-0.39, 0.29) is 18.5 Å². The van der Waals surface area contributed by atoms with Crippen molar-refractivity contribution >= 4 is 18.0 Å². The second-order valence-corrected chi connectivity index (χ2v) is 5.41. The number of amides is 1. The fourth-order valence-electron chi connectivity index (χ4n) is 2.63. The van der Waals surface area contributed by atoms with Crippen LogP contribution in [0, 0.1) is 0 Å². The van der Waals surface area contributed by atoms with E-state index < -0.39 is 5.97 Å². The first-order chi connectivity index (χ1) is 9.65. The van der Waals surface area contributed by atoms with Gasteiger partial charge in [0, 0.05) is 11.6 Å². The lowest BCUT2D eigenvalue weighted by atomic mass is 9.95. The molecule has 0 unspecified atom stereocenters. The van der Waals surface area contributed by atoms with Crippen LogP contribution in [0.15, 0.2) is 24.3 Å². The number of carbonyl (C=O) groups excluding carboxylic acids is 1. The summed E-state index contributed by atoms with van der Waals surface area (Å²) in [5.41, 5.74) is 2.93. The zero-order valence-corrected chi connectivity index (χ0v) is 11.2.